The molecule has 134 valence electrons. The van der Waals surface area contributed by atoms with Crippen LogP contribution < -0.4 is 10.1 Å². The van der Waals surface area contributed by atoms with Gasteiger partial charge in [-0.05, 0) is 44.0 Å². The van der Waals surface area contributed by atoms with Gasteiger partial charge in [0, 0.05) is 5.69 Å². The molecule has 0 fully saturated rings. The Labute approximate surface area is 150 Å². The van der Waals surface area contributed by atoms with Crippen molar-refractivity contribution in [2.75, 3.05) is 5.32 Å². The number of amides is 1. The first-order valence-corrected chi connectivity index (χ1v) is 8.17. The maximum Gasteiger partial charge on any atom is 0.278 e. The number of nitrogens with one attached hydrogen (secondary N) is 1. The van der Waals surface area contributed by atoms with Crippen molar-refractivity contribution in [3.63, 3.8) is 0 Å². The fraction of sp³-hybridized carbons (Fsp3) is 0.200. The molecular weight excluding hydrogens is 335 g/mol. The number of carbonyl (C=O) groups excluding carboxylic acids is 1. The zero-order valence-electron chi connectivity index (χ0n) is 14.8. The van der Waals surface area contributed by atoms with Crippen LogP contribution in [0.1, 0.15) is 32.9 Å². The number of rotatable bonds is 5. The second kappa shape index (κ2) is 7.39. The summed E-state index contributed by atoms with van der Waals surface area (Å²) in [5, 5.41) is 6.71. The first-order valence-electron chi connectivity index (χ1n) is 8.17. The molecule has 1 amide bonds. The number of para-hydroxylation sites is 2. The number of benzene rings is 2. The zero-order valence-corrected chi connectivity index (χ0v) is 14.8. The summed E-state index contributed by atoms with van der Waals surface area (Å²) in [6.07, 6.45) is 0. The molecule has 0 aliphatic carbocycles. The van der Waals surface area contributed by atoms with Gasteiger partial charge in [0.05, 0.1) is 5.56 Å². The van der Waals surface area contributed by atoms with E-state index in [1.165, 1.54) is 12.1 Å². The third kappa shape index (κ3) is 3.59. The van der Waals surface area contributed by atoms with Crippen LogP contribution in [0.3, 0.4) is 0 Å². The molecule has 0 spiro atoms. The lowest BCUT2D eigenvalue weighted by atomic mass is 10.1. The molecular formula is C20H19FN2O3. The van der Waals surface area contributed by atoms with Crippen LogP contribution in [0, 0.1) is 26.6 Å². The Bertz CT molecular complexity index is 930. The molecule has 26 heavy (non-hydrogen) atoms. The van der Waals surface area contributed by atoms with Gasteiger partial charge in [0.2, 0.25) is 0 Å². The number of hydrogen-bond donors (Lipinski definition) is 1. The quantitative estimate of drug-likeness (QED) is 0.729. The van der Waals surface area contributed by atoms with Crippen molar-refractivity contribution in [1.82, 2.24) is 5.16 Å². The van der Waals surface area contributed by atoms with E-state index in [1.807, 2.05) is 32.0 Å². The Balaban J connectivity index is 1.81. The topological polar surface area (TPSA) is 64.4 Å². The second-order valence-electron chi connectivity index (χ2n) is 6.01. The summed E-state index contributed by atoms with van der Waals surface area (Å²) in [5.41, 5.74) is 3.24. The zero-order chi connectivity index (χ0) is 18.7. The Morgan fingerprint density at radius 2 is 1.81 bits per heavy atom. The molecule has 0 saturated heterocycles. The predicted octanol–water partition coefficient (Wildman–Crippen LogP) is 4.57. The second-order valence-corrected chi connectivity index (χ2v) is 6.01. The number of aromatic nitrogens is 1. The minimum Gasteiger partial charge on any atom is -0.486 e. The fourth-order valence-corrected chi connectivity index (χ4v) is 2.64. The normalized spacial score (nSPS) is 10.6. The summed E-state index contributed by atoms with van der Waals surface area (Å²) in [6.45, 7) is 5.49. The summed E-state index contributed by atoms with van der Waals surface area (Å²) in [7, 11) is 0. The minimum absolute atomic E-state index is 0.0220. The van der Waals surface area contributed by atoms with Gasteiger partial charge in [0.15, 0.2) is 17.3 Å². The van der Waals surface area contributed by atoms with Gasteiger partial charge in [0.1, 0.15) is 12.4 Å². The molecule has 3 aromatic rings. The molecule has 0 radical (unpaired) electrons. The number of anilines is 1. The molecule has 1 heterocycles. The molecule has 3 rings (SSSR count). The highest BCUT2D eigenvalue weighted by molar-refractivity contribution is 6.04. The maximum atomic E-state index is 13.7. The first kappa shape index (κ1) is 17.7. The molecule has 6 heteroatoms. The van der Waals surface area contributed by atoms with E-state index in [2.05, 4.69) is 10.5 Å². The van der Waals surface area contributed by atoms with Crippen LogP contribution in [0.25, 0.3) is 0 Å². The SMILES string of the molecule is Cc1cccc(C)c1NC(=O)c1noc(C)c1COc1ccccc1F. The van der Waals surface area contributed by atoms with Crippen LogP contribution in [0.5, 0.6) is 5.75 Å². The standard InChI is InChI=1S/C20H19FN2O3/c1-12-7-6-8-13(2)18(12)22-20(24)19-15(14(3)26-23-19)11-25-17-10-5-4-9-16(17)21/h4-10H,11H2,1-3H3,(H,22,24). The van der Waals surface area contributed by atoms with E-state index in [-0.39, 0.29) is 18.1 Å². The maximum absolute atomic E-state index is 13.7. The molecule has 2 aromatic carbocycles. The molecule has 0 saturated carbocycles. The Morgan fingerprint density at radius 3 is 2.50 bits per heavy atom. The van der Waals surface area contributed by atoms with Crippen molar-refractivity contribution >= 4 is 11.6 Å². The number of nitrogens with zero attached hydrogens (tertiary/aromatic N) is 1. The van der Waals surface area contributed by atoms with E-state index in [1.54, 1.807) is 19.1 Å². The Kier molecular flexibility index (Phi) is 5.02. The molecule has 0 atom stereocenters. The summed E-state index contributed by atoms with van der Waals surface area (Å²) < 4.78 is 24.4. The van der Waals surface area contributed by atoms with Crippen molar-refractivity contribution in [2.45, 2.75) is 27.4 Å². The van der Waals surface area contributed by atoms with Crippen molar-refractivity contribution in [2.24, 2.45) is 0 Å². The van der Waals surface area contributed by atoms with Crippen LogP contribution in [0.2, 0.25) is 0 Å². The lowest BCUT2D eigenvalue weighted by molar-refractivity contribution is 0.101. The van der Waals surface area contributed by atoms with E-state index in [0.717, 1.165) is 16.8 Å². The van der Waals surface area contributed by atoms with Gasteiger partial charge >= 0.3 is 0 Å². The van der Waals surface area contributed by atoms with Crippen LogP contribution in [-0.2, 0) is 6.61 Å². The van der Waals surface area contributed by atoms with Crippen LogP contribution in [0.4, 0.5) is 10.1 Å². The van der Waals surface area contributed by atoms with Gasteiger partial charge < -0.3 is 14.6 Å². The Morgan fingerprint density at radius 1 is 1.12 bits per heavy atom. The van der Waals surface area contributed by atoms with Gasteiger partial charge in [-0.15, -0.1) is 0 Å². The summed E-state index contributed by atoms with van der Waals surface area (Å²) in [6, 6.07) is 11.8. The molecule has 0 aliphatic rings. The minimum atomic E-state index is -0.469. The molecule has 0 bridgehead atoms. The van der Waals surface area contributed by atoms with Gasteiger partial charge in [-0.1, -0.05) is 35.5 Å². The van der Waals surface area contributed by atoms with Crippen LogP contribution in [0.15, 0.2) is 47.0 Å². The van der Waals surface area contributed by atoms with Crippen molar-refractivity contribution < 1.29 is 18.4 Å². The van der Waals surface area contributed by atoms with Crippen LogP contribution >= 0.6 is 0 Å². The molecule has 1 N–H and O–H groups in total. The largest absolute Gasteiger partial charge is 0.486 e. The van der Waals surface area contributed by atoms with Gasteiger partial charge in [-0.2, -0.15) is 0 Å². The van der Waals surface area contributed by atoms with Crippen molar-refractivity contribution in [3.8, 4) is 5.75 Å². The Hall–Kier alpha value is -3.15. The number of halogens is 1. The monoisotopic (exact) mass is 354 g/mol. The third-order valence-corrected chi connectivity index (χ3v) is 4.13. The third-order valence-electron chi connectivity index (χ3n) is 4.13. The number of ether oxygens (including phenoxy) is 1. The van der Waals surface area contributed by atoms with Gasteiger partial charge in [-0.25, -0.2) is 4.39 Å². The lowest BCUT2D eigenvalue weighted by Gasteiger charge is -2.11. The highest BCUT2D eigenvalue weighted by atomic mass is 19.1. The molecule has 0 aliphatic heterocycles. The first-order chi connectivity index (χ1) is 12.5. The smallest absolute Gasteiger partial charge is 0.278 e. The van der Waals surface area contributed by atoms with E-state index in [4.69, 9.17) is 9.26 Å². The van der Waals surface area contributed by atoms with Crippen LogP contribution in [-0.4, -0.2) is 11.1 Å². The van der Waals surface area contributed by atoms with Gasteiger partial charge in [0.25, 0.3) is 5.91 Å². The fourth-order valence-electron chi connectivity index (χ4n) is 2.64. The average Bonchev–Trinajstić information content (AvgIpc) is 2.98. The number of hydrogen-bond acceptors (Lipinski definition) is 4. The average molecular weight is 354 g/mol. The van der Waals surface area contributed by atoms with Crippen molar-refractivity contribution in [3.05, 3.63) is 76.4 Å². The predicted molar refractivity (Wildman–Crippen MR) is 95.8 cm³/mol. The van der Waals surface area contributed by atoms with Gasteiger partial charge in [-0.3, -0.25) is 4.79 Å². The van der Waals surface area contributed by atoms with E-state index < -0.39 is 11.7 Å². The van der Waals surface area contributed by atoms with E-state index >= 15 is 0 Å². The number of aryl methyl sites for hydroxylation is 3. The highest BCUT2D eigenvalue weighted by Crippen LogP contribution is 2.23. The molecule has 0 unspecified atom stereocenters. The summed E-state index contributed by atoms with van der Waals surface area (Å²) in [4.78, 5) is 12.7. The summed E-state index contributed by atoms with van der Waals surface area (Å²) >= 11 is 0. The number of carbonyl (C=O) groups is 1. The highest BCUT2D eigenvalue weighted by Gasteiger charge is 2.21. The molecule has 5 nitrogen and oxygen atoms in total. The summed E-state index contributed by atoms with van der Waals surface area (Å²) in [5.74, 6) is -0.309. The van der Waals surface area contributed by atoms with E-state index in [0.29, 0.717) is 11.3 Å². The van der Waals surface area contributed by atoms with E-state index in [9.17, 15) is 9.18 Å². The lowest BCUT2D eigenvalue weighted by Crippen LogP contribution is -2.17. The van der Waals surface area contributed by atoms with Crippen molar-refractivity contribution in [1.29, 1.82) is 0 Å². The molecule has 1 aromatic heterocycles.